The van der Waals surface area contributed by atoms with Crippen LogP contribution in [0.5, 0.6) is 0 Å². The van der Waals surface area contributed by atoms with Gasteiger partial charge in [0.25, 0.3) is 15.9 Å². The van der Waals surface area contributed by atoms with Gasteiger partial charge in [-0.3, -0.25) is 9.52 Å². The van der Waals surface area contributed by atoms with E-state index in [9.17, 15) is 17.6 Å². The van der Waals surface area contributed by atoms with Crippen LogP contribution in [0, 0.1) is 5.82 Å². The second kappa shape index (κ2) is 6.33. The Hall–Kier alpha value is -2.12. The van der Waals surface area contributed by atoms with Gasteiger partial charge in [-0.2, -0.15) is 0 Å². The Morgan fingerprint density at radius 1 is 1.14 bits per heavy atom. The molecule has 0 saturated carbocycles. The molecule has 8 heteroatoms. The van der Waals surface area contributed by atoms with Gasteiger partial charge in [0.05, 0.1) is 5.02 Å². The van der Waals surface area contributed by atoms with Crippen molar-refractivity contribution in [2.75, 3.05) is 11.8 Å². The smallest absolute Gasteiger partial charge is 0.264 e. The predicted octanol–water partition coefficient (Wildman–Crippen LogP) is 2.64. The highest BCUT2D eigenvalue weighted by Gasteiger charge is 2.20. The number of nitrogens with one attached hydrogen (secondary N) is 2. The van der Waals surface area contributed by atoms with Crippen LogP contribution in [-0.4, -0.2) is 21.4 Å². The Labute approximate surface area is 132 Å². The SMILES string of the molecule is CNC(=O)c1ccc(NS(=O)(=O)c2cccc(Cl)c2F)cc1. The Kier molecular flexibility index (Phi) is 4.68. The highest BCUT2D eigenvalue weighted by atomic mass is 35.5. The molecule has 116 valence electrons. The number of hydrogen-bond donors (Lipinski definition) is 2. The molecular formula is C14H12ClFN2O3S. The van der Waals surface area contributed by atoms with Crippen molar-refractivity contribution < 1.29 is 17.6 Å². The van der Waals surface area contributed by atoms with Gasteiger partial charge in [-0.15, -0.1) is 0 Å². The number of rotatable bonds is 4. The quantitative estimate of drug-likeness (QED) is 0.897. The van der Waals surface area contributed by atoms with Crippen LogP contribution in [0.2, 0.25) is 5.02 Å². The van der Waals surface area contributed by atoms with Crippen LogP contribution >= 0.6 is 11.6 Å². The molecule has 0 saturated heterocycles. The van der Waals surface area contributed by atoms with Crippen molar-refractivity contribution in [3.05, 3.63) is 58.9 Å². The molecule has 2 N–H and O–H groups in total. The Bertz CT molecular complexity index is 807. The third-order valence-electron chi connectivity index (χ3n) is 2.83. The van der Waals surface area contributed by atoms with Crippen molar-refractivity contribution in [2.45, 2.75) is 4.90 Å². The van der Waals surface area contributed by atoms with Gasteiger partial charge in [-0.05, 0) is 36.4 Å². The van der Waals surface area contributed by atoms with Crippen LogP contribution in [0.4, 0.5) is 10.1 Å². The summed E-state index contributed by atoms with van der Waals surface area (Å²) in [5.41, 5.74) is 0.575. The average molecular weight is 343 g/mol. The molecule has 2 rings (SSSR count). The number of benzene rings is 2. The number of hydrogen-bond acceptors (Lipinski definition) is 3. The van der Waals surface area contributed by atoms with Gasteiger partial charge in [-0.1, -0.05) is 17.7 Å². The van der Waals surface area contributed by atoms with Crippen molar-refractivity contribution in [3.63, 3.8) is 0 Å². The number of carbonyl (C=O) groups excluding carboxylic acids is 1. The van der Waals surface area contributed by atoms with Crippen molar-refractivity contribution in [1.29, 1.82) is 0 Å². The molecule has 0 aliphatic rings. The summed E-state index contributed by atoms with van der Waals surface area (Å²) in [7, 11) is -2.63. The summed E-state index contributed by atoms with van der Waals surface area (Å²) in [6, 6.07) is 9.43. The van der Waals surface area contributed by atoms with E-state index in [-0.39, 0.29) is 16.6 Å². The first-order valence-electron chi connectivity index (χ1n) is 6.14. The minimum Gasteiger partial charge on any atom is -0.355 e. The van der Waals surface area contributed by atoms with Crippen LogP contribution in [0.3, 0.4) is 0 Å². The van der Waals surface area contributed by atoms with Crippen LogP contribution in [0.15, 0.2) is 47.4 Å². The summed E-state index contributed by atoms with van der Waals surface area (Å²) < 4.78 is 40.4. The Morgan fingerprint density at radius 2 is 1.77 bits per heavy atom. The van der Waals surface area contributed by atoms with Gasteiger partial charge >= 0.3 is 0 Å². The third kappa shape index (κ3) is 3.37. The molecular weight excluding hydrogens is 331 g/mol. The maximum absolute atomic E-state index is 13.8. The first kappa shape index (κ1) is 16.3. The molecule has 1 amide bonds. The fraction of sp³-hybridized carbons (Fsp3) is 0.0714. The molecule has 0 spiro atoms. The van der Waals surface area contributed by atoms with Crippen molar-refractivity contribution in [2.24, 2.45) is 0 Å². The second-order valence-electron chi connectivity index (χ2n) is 4.31. The van der Waals surface area contributed by atoms with Gasteiger partial charge < -0.3 is 5.32 Å². The van der Waals surface area contributed by atoms with E-state index in [2.05, 4.69) is 10.0 Å². The maximum Gasteiger partial charge on any atom is 0.264 e. The van der Waals surface area contributed by atoms with Crippen molar-refractivity contribution in [1.82, 2.24) is 5.32 Å². The number of sulfonamides is 1. The summed E-state index contributed by atoms with van der Waals surface area (Å²) >= 11 is 5.58. The van der Waals surface area contributed by atoms with Gasteiger partial charge in [-0.25, -0.2) is 12.8 Å². The Balaban J connectivity index is 2.29. The fourth-order valence-corrected chi connectivity index (χ4v) is 3.13. The summed E-state index contributed by atoms with van der Waals surface area (Å²) in [4.78, 5) is 10.9. The van der Waals surface area contributed by atoms with E-state index in [1.807, 2.05) is 0 Å². The molecule has 0 radical (unpaired) electrons. The lowest BCUT2D eigenvalue weighted by atomic mass is 10.2. The lowest BCUT2D eigenvalue weighted by molar-refractivity contribution is 0.0963. The molecule has 0 bridgehead atoms. The number of carbonyl (C=O) groups is 1. The van der Waals surface area contributed by atoms with Crippen molar-refractivity contribution >= 4 is 33.2 Å². The Morgan fingerprint density at radius 3 is 2.36 bits per heavy atom. The fourth-order valence-electron chi connectivity index (χ4n) is 1.74. The predicted molar refractivity (Wildman–Crippen MR) is 82.1 cm³/mol. The molecule has 2 aromatic rings. The number of amides is 1. The molecule has 0 unspecified atom stereocenters. The van der Waals surface area contributed by atoms with E-state index >= 15 is 0 Å². The maximum atomic E-state index is 13.8. The summed E-state index contributed by atoms with van der Waals surface area (Å²) in [6.07, 6.45) is 0. The second-order valence-corrected chi connectivity index (χ2v) is 6.37. The zero-order valence-corrected chi connectivity index (χ0v) is 13.0. The molecule has 0 aliphatic carbocycles. The van der Waals surface area contributed by atoms with E-state index < -0.39 is 20.7 Å². The van der Waals surface area contributed by atoms with E-state index in [0.29, 0.717) is 5.56 Å². The van der Waals surface area contributed by atoms with Gasteiger partial charge in [0.2, 0.25) is 0 Å². The average Bonchev–Trinajstić information content (AvgIpc) is 2.49. The monoisotopic (exact) mass is 342 g/mol. The lowest BCUT2D eigenvalue weighted by Crippen LogP contribution is -2.18. The molecule has 0 heterocycles. The van der Waals surface area contributed by atoms with Crippen LogP contribution in [0.25, 0.3) is 0 Å². The lowest BCUT2D eigenvalue weighted by Gasteiger charge is -2.10. The standard InChI is InChI=1S/C14H12ClFN2O3S/c1-17-14(19)9-5-7-10(8-6-9)18-22(20,21)12-4-2-3-11(15)13(12)16/h2-8,18H,1H3,(H,17,19). The molecule has 0 fully saturated rings. The van der Waals surface area contributed by atoms with Crippen LogP contribution < -0.4 is 10.0 Å². The van der Waals surface area contributed by atoms with E-state index in [1.165, 1.54) is 43.4 Å². The summed E-state index contributed by atoms with van der Waals surface area (Å²) in [6.45, 7) is 0. The molecule has 0 aromatic heterocycles. The van der Waals surface area contributed by atoms with Crippen LogP contribution in [-0.2, 0) is 10.0 Å². The van der Waals surface area contributed by atoms with Gasteiger partial charge in [0.1, 0.15) is 4.90 Å². The highest BCUT2D eigenvalue weighted by Crippen LogP contribution is 2.24. The largest absolute Gasteiger partial charge is 0.355 e. The topological polar surface area (TPSA) is 75.3 Å². The first-order chi connectivity index (χ1) is 10.3. The summed E-state index contributed by atoms with van der Waals surface area (Å²) in [5, 5.41) is 2.17. The minimum absolute atomic E-state index is 0.201. The number of halogens is 2. The normalized spacial score (nSPS) is 11.0. The van der Waals surface area contributed by atoms with E-state index in [0.717, 1.165) is 6.07 Å². The zero-order valence-electron chi connectivity index (χ0n) is 11.4. The third-order valence-corrected chi connectivity index (χ3v) is 4.52. The highest BCUT2D eigenvalue weighted by molar-refractivity contribution is 7.92. The molecule has 22 heavy (non-hydrogen) atoms. The van der Waals surface area contributed by atoms with E-state index in [4.69, 9.17) is 11.6 Å². The minimum atomic E-state index is -4.12. The summed E-state index contributed by atoms with van der Waals surface area (Å²) in [5.74, 6) is -1.31. The number of anilines is 1. The first-order valence-corrected chi connectivity index (χ1v) is 8.00. The zero-order chi connectivity index (χ0) is 16.3. The van der Waals surface area contributed by atoms with Crippen LogP contribution in [0.1, 0.15) is 10.4 Å². The molecule has 5 nitrogen and oxygen atoms in total. The van der Waals surface area contributed by atoms with E-state index in [1.54, 1.807) is 0 Å². The molecule has 0 aliphatic heterocycles. The molecule has 2 aromatic carbocycles. The molecule has 0 atom stereocenters. The van der Waals surface area contributed by atoms with Crippen molar-refractivity contribution in [3.8, 4) is 0 Å². The van der Waals surface area contributed by atoms with Gasteiger partial charge in [0.15, 0.2) is 5.82 Å². The van der Waals surface area contributed by atoms with Gasteiger partial charge in [0, 0.05) is 18.3 Å².